The van der Waals surface area contributed by atoms with Crippen LogP contribution in [0.3, 0.4) is 0 Å². The van der Waals surface area contributed by atoms with Gasteiger partial charge in [0.05, 0.1) is 16.0 Å². The Hall–Kier alpha value is -2.83. The highest BCUT2D eigenvalue weighted by Crippen LogP contribution is 2.29. The first-order valence-electron chi connectivity index (χ1n) is 5.13. The summed E-state index contributed by atoms with van der Waals surface area (Å²) in [4.78, 5) is 18.4. The molecule has 0 fully saturated rings. The summed E-state index contributed by atoms with van der Waals surface area (Å²) in [6.07, 6.45) is 6.05. The van der Waals surface area contributed by atoms with Gasteiger partial charge in [-0.3, -0.25) is 15.1 Å². The van der Waals surface area contributed by atoms with Crippen LogP contribution in [0.25, 0.3) is 16.5 Å². The van der Waals surface area contributed by atoms with E-state index in [0.717, 1.165) is 0 Å². The molecule has 0 N–H and O–H groups in total. The molecule has 0 saturated heterocycles. The SMILES string of the molecule is O=[N+]([O-])c1ccc(-n2cncn2)c2cnccc12. The van der Waals surface area contributed by atoms with E-state index >= 15 is 0 Å². The molecule has 88 valence electrons. The Morgan fingerprint density at radius 2 is 2.06 bits per heavy atom. The first kappa shape index (κ1) is 10.3. The summed E-state index contributed by atoms with van der Waals surface area (Å²) >= 11 is 0. The van der Waals surface area contributed by atoms with Crippen LogP contribution in [0.15, 0.2) is 43.2 Å². The van der Waals surface area contributed by atoms with Gasteiger partial charge in [0.15, 0.2) is 0 Å². The van der Waals surface area contributed by atoms with E-state index in [9.17, 15) is 10.1 Å². The van der Waals surface area contributed by atoms with E-state index in [1.807, 2.05) is 0 Å². The molecule has 0 aliphatic heterocycles. The van der Waals surface area contributed by atoms with E-state index in [1.54, 1.807) is 23.0 Å². The molecule has 0 unspecified atom stereocenters. The number of benzene rings is 1. The molecule has 0 saturated carbocycles. The first-order valence-corrected chi connectivity index (χ1v) is 5.13. The fraction of sp³-hybridized carbons (Fsp3) is 0. The standard InChI is InChI=1S/C11H7N5O2/c17-16(18)11-2-1-10(15-7-13-6-14-15)9-5-12-4-3-8(9)11/h1-7H. The number of nitro groups is 1. The van der Waals surface area contributed by atoms with Crippen molar-refractivity contribution >= 4 is 16.5 Å². The number of pyridine rings is 1. The molecular formula is C11H7N5O2. The van der Waals surface area contributed by atoms with Crippen LogP contribution in [-0.2, 0) is 0 Å². The second kappa shape index (κ2) is 3.88. The Kier molecular flexibility index (Phi) is 2.23. The molecular weight excluding hydrogens is 234 g/mol. The molecule has 3 aromatic rings. The molecule has 7 heteroatoms. The van der Waals surface area contributed by atoms with E-state index in [-0.39, 0.29) is 5.69 Å². The zero-order valence-corrected chi connectivity index (χ0v) is 9.09. The summed E-state index contributed by atoms with van der Waals surface area (Å²) in [7, 11) is 0. The number of aromatic nitrogens is 4. The lowest BCUT2D eigenvalue weighted by Crippen LogP contribution is -1.98. The minimum Gasteiger partial charge on any atom is -0.264 e. The van der Waals surface area contributed by atoms with Crippen LogP contribution in [0.5, 0.6) is 0 Å². The minimum absolute atomic E-state index is 0.0521. The van der Waals surface area contributed by atoms with E-state index in [0.29, 0.717) is 16.5 Å². The van der Waals surface area contributed by atoms with Crippen molar-refractivity contribution in [1.29, 1.82) is 0 Å². The summed E-state index contributed by atoms with van der Waals surface area (Å²) in [5, 5.41) is 16.2. The Labute approximate surface area is 101 Å². The Balaban J connectivity index is 2.37. The zero-order valence-electron chi connectivity index (χ0n) is 9.09. The van der Waals surface area contributed by atoms with Gasteiger partial charge in [-0.2, -0.15) is 5.10 Å². The zero-order chi connectivity index (χ0) is 12.5. The molecule has 2 heterocycles. The third-order valence-electron chi connectivity index (χ3n) is 2.63. The molecule has 0 radical (unpaired) electrons. The predicted octanol–water partition coefficient (Wildman–Crippen LogP) is 1.72. The lowest BCUT2D eigenvalue weighted by atomic mass is 10.1. The Morgan fingerprint density at radius 1 is 1.17 bits per heavy atom. The molecule has 3 rings (SSSR count). The second-order valence-corrected chi connectivity index (χ2v) is 3.62. The van der Waals surface area contributed by atoms with E-state index < -0.39 is 4.92 Å². The van der Waals surface area contributed by atoms with Gasteiger partial charge in [0.25, 0.3) is 5.69 Å². The largest absolute Gasteiger partial charge is 0.277 e. The average Bonchev–Trinajstić information content (AvgIpc) is 2.91. The summed E-state index contributed by atoms with van der Waals surface area (Å²) < 4.78 is 1.55. The van der Waals surface area contributed by atoms with E-state index in [4.69, 9.17) is 0 Å². The first-order chi connectivity index (χ1) is 8.77. The van der Waals surface area contributed by atoms with Crippen LogP contribution in [0.1, 0.15) is 0 Å². The lowest BCUT2D eigenvalue weighted by Gasteiger charge is -2.05. The van der Waals surface area contributed by atoms with Gasteiger partial charge in [-0.1, -0.05) is 0 Å². The maximum absolute atomic E-state index is 11.0. The molecule has 18 heavy (non-hydrogen) atoms. The van der Waals surface area contributed by atoms with Gasteiger partial charge in [-0.15, -0.1) is 0 Å². The van der Waals surface area contributed by atoms with Gasteiger partial charge < -0.3 is 0 Å². The maximum atomic E-state index is 11.0. The number of nitrogens with zero attached hydrogens (tertiary/aromatic N) is 5. The number of rotatable bonds is 2. The highest BCUT2D eigenvalue weighted by molar-refractivity contribution is 5.95. The van der Waals surface area contributed by atoms with E-state index in [2.05, 4.69) is 15.1 Å². The van der Waals surface area contributed by atoms with Crippen LogP contribution in [-0.4, -0.2) is 24.7 Å². The summed E-state index contributed by atoms with van der Waals surface area (Å²) in [5.41, 5.74) is 0.762. The van der Waals surface area contributed by atoms with Gasteiger partial charge in [0, 0.05) is 23.8 Å². The highest BCUT2D eigenvalue weighted by Gasteiger charge is 2.15. The van der Waals surface area contributed by atoms with Crippen LogP contribution in [0.2, 0.25) is 0 Å². The topological polar surface area (TPSA) is 86.7 Å². The maximum Gasteiger partial charge on any atom is 0.277 e. The van der Waals surface area contributed by atoms with E-state index in [1.165, 1.54) is 24.9 Å². The molecule has 2 aromatic heterocycles. The van der Waals surface area contributed by atoms with Crippen molar-refractivity contribution in [2.75, 3.05) is 0 Å². The molecule has 0 aliphatic rings. The summed E-state index contributed by atoms with van der Waals surface area (Å²) in [6.45, 7) is 0. The summed E-state index contributed by atoms with van der Waals surface area (Å²) in [6, 6.07) is 4.71. The third kappa shape index (κ3) is 1.49. The number of nitro benzene ring substituents is 1. The molecule has 7 nitrogen and oxygen atoms in total. The minimum atomic E-state index is -0.409. The normalized spacial score (nSPS) is 10.7. The second-order valence-electron chi connectivity index (χ2n) is 3.62. The molecule has 0 spiro atoms. The lowest BCUT2D eigenvalue weighted by molar-refractivity contribution is -0.383. The fourth-order valence-electron chi connectivity index (χ4n) is 1.85. The van der Waals surface area contributed by atoms with Crippen molar-refractivity contribution < 1.29 is 4.92 Å². The fourth-order valence-corrected chi connectivity index (χ4v) is 1.85. The highest BCUT2D eigenvalue weighted by atomic mass is 16.6. The number of hydrogen-bond donors (Lipinski definition) is 0. The number of fused-ring (bicyclic) bond motifs is 1. The van der Waals surface area contributed by atoms with Crippen molar-refractivity contribution in [2.24, 2.45) is 0 Å². The van der Waals surface area contributed by atoms with Gasteiger partial charge in [-0.25, -0.2) is 9.67 Å². The van der Waals surface area contributed by atoms with Crippen molar-refractivity contribution in [3.63, 3.8) is 0 Å². The van der Waals surface area contributed by atoms with Crippen LogP contribution >= 0.6 is 0 Å². The van der Waals surface area contributed by atoms with Crippen LogP contribution < -0.4 is 0 Å². The number of hydrogen-bond acceptors (Lipinski definition) is 5. The van der Waals surface area contributed by atoms with Crippen molar-refractivity contribution in [1.82, 2.24) is 19.7 Å². The monoisotopic (exact) mass is 241 g/mol. The van der Waals surface area contributed by atoms with Gasteiger partial charge in [-0.05, 0) is 12.1 Å². The van der Waals surface area contributed by atoms with Crippen molar-refractivity contribution in [2.45, 2.75) is 0 Å². The Morgan fingerprint density at radius 3 is 2.78 bits per heavy atom. The summed E-state index contributed by atoms with van der Waals surface area (Å²) in [5.74, 6) is 0. The molecule has 1 aromatic carbocycles. The van der Waals surface area contributed by atoms with Crippen molar-refractivity contribution in [3.8, 4) is 5.69 Å². The van der Waals surface area contributed by atoms with Crippen LogP contribution in [0.4, 0.5) is 5.69 Å². The van der Waals surface area contributed by atoms with Gasteiger partial charge in [0.1, 0.15) is 12.7 Å². The Bertz CT molecular complexity index is 723. The predicted molar refractivity (Wildman–Crippen MR) is 63.3 cm³/mol. The number of non-ortho nitro benzene ring substituents is 1. The molecule has 0 atom stereocenters. The quantitative estimate of drug-likeness (QED) is 0.503. The van der Waals surface area contributed by atoms with Gasteiger partial charge >= 0.3 is 0 Å². The molecule has 0 aliphatic carbocycles. The molecule has 0 amide bonds. The smallest absolute Gasteiger partial charge is 0.264 e. The van der Waals surface area contributed by atoms with Gasteiger partial charge in [0.2, 0.25) is 0 Å². The molecule has 0 bridgehead atoms. The third-order valence-corrected chi connectivity index (χ3v) is 2.63. The van der Waals surface area contributed by atoms with Crippen LogP contribution in [0, 0.1) is 10.1 Å². The average molecular weight is 241 g/mol. The van der Waals surface area contributed by atoms with Crippen molar-refractivity contribution in [3.05, 3.63) is 53.4 Å².